The summed E-state index contributed by atoms with van der Waals surface area (Å²) >= 11 is 0. The second kappa shape index (κ2) is 6.70. The summed E-state index contributed by atoms with van der Waals surface area (Å²) in [5.74, 6) is 0. The molecule has 3 heteroatoms. The molecule has 3 nitrogen and oxygen atoms in total. The molecular weight excluding hydrogens is 248 g/mol. The molecule has 110 valence electrons. The zero-order valence-electron chi connectivity index (χ0n) is 12.5. The molecule has 1 aliphatic carbocycles. The molecular formula is C17H26N2O. The van der Waals surface area contributed by atoms with Crippen LogP contribution in [-0.4, -0.2) is 37.2 Å². The first-order chi connectivity index (χ1) is 9.85. The van der Waals surface area contributed by atoms with Crippen molar-refractivity contribution in [2.24, 2.45) is 0 Å². The highest BCUT2D eigenvalue weighted by Gasteiger charge is 2.31. The number of hydrogen-bond acceptors (Lipinski definition) is 3. The second-order valence-electron chi connectivity index (χ2n) is 6.20. The Morgan fingerprint density at radius 1 is 1.15 bits per heavy atom. The molecule has 1 aliphatic heterocycles. The topological polar surface area (TPSA) is 24.5 Å². The van der Waals surface area contributed by atoms with Crippen LogP contribution in [0.1, 0.15) is 36.8 Å². The molecule has 1 atom stereocenters. The Hall–Kier alpha value is -0.900. The van der Waals surface area contributed by atoms with Crippen molar-refractivity contribution in [1.82, 2.24) is 10.2 Å². The Morgan fingerprint density at radius 2 is 1.90 bits per heavy atom. The number of nitrogens with one attached hydrogen (secondary N) is 1. The van der Waals surface area contributed by atoms with E-state index in [0.29, 0.717) is 12.6 Å². The van der Waals surface area contributed by atoms with Gasteiger partial charge in [-0.1, -0.05) is 24.3 Å². The van der Waals surface area contributed by atoms with Crippen molar-refractivity contribution < 1.29 is 4.74 Å². The van der Waals surface area contributed by atoms with Crippen LogP contribution in [0.5, 0.6) is 0 Å². The highest BCUT2D eigenvalue weighted by atomic mass is 16.5. The number of rotatable bonds is 7. The summed E-state index contributed by atoms with van der Waals surface area (Å²) in [5, 5.41) is 3.62. The van der Waals surface area contributed by atoms with Gasteiger partial charge in [-0.3, -0.25) is 4.90 Å². The van der Waals surface area contributed by atoms with Crippen molar-refractivity contribution in [2.75, 3.05) is 20.2 Å². The fourth-order valence-electron chi connectivity index (χ4n) is 3.12. The van der Waals surface area contributed by atoms with Gasteiger partial charge >= 0.3 is 0 Å². The average molecular weight is 274 g/mol. The number of ether oxygens (including phenoxy) is 1. The van der Waals surface area contributed by atoms with Gasteiger partial charge in [0.25, 0.3) is 0 Å². The highest BCUT2D eigenvalue weighted by Crippen LogP contribution is 2.29. The smallest absolute Gasteiger partial charge is 0.0713 e. The minimum absolute atomic E-state index is 0.707. The maximum atomic E-state index is 5.17. The molecule has 2 fully saturated rings. The van der Waals surface area contributed by atoms with E-state index in [1.165, 1.54) is 49.9 Å². The van der Waals surface area contributed by atoms with Gasteiger partial charge in [0, 0.05) is 32.3 Å². The van der Waals surface area contributed by atoms with E-state index in [4.69, 9.17) is 4.74 Å². The van der Waals surface area contributed by atoms with Gasteiger partial charge in [-0.15, -0.1) is 0 Å². The van der Waals surface area contributed by atoms with Gasteiger partial charge in [0.2, 0.25) is 0 Å². The summed E-state index contributed by atoms with van der Waals surface area (Å²) in [6.45, 7) is 4.22. The van der Waals surface area contributed by atoms with Crippen LogP contribution in [-0.2, 0) is 17.9 Å². The number of hydrogen-bond donors (Lipinski definition) is 1. The third kappa shape index (κ3) is 3.81. The minimum atomic E-state index is 0.707. The molecule has 1 saturated carbocycles. The SMILES string of the molecule is COCc1ccc(CN(C[C@@H]2CCCN2)C2CC2)cc1. The molecule has 0 amide bonds. The monoisotopic (exact) mass is 274 g/mol. The van der Waals surface area contributed by atoms with E-state index in [0.717, 1.165) is 12.6 Å². The lowest BCUT2D eigenvalue weighted by Crippen LogP contribution is -2.38. The first-order valence-electron chi connectivity index (χ1n) is 7.89. The second-order valence-corrected chi connectivity index (χ2v) is 6.20. The predicted molar refractivity (Wildman–Crippen MR) is 81.6 cm³/mol. The average Bonchev–Trinajstić information content (AvgIpc) is 3.19. The Bertz CT molecular complexity index is 408. The Morgan fingerprint density at radius 3 is 2.50 bits per heavy atom. The van der Waals surface area contributed by atoms with E-state index in [2.05, 4.69) is 34.5 Å². The summed E-state index contributed by atoms with van der Waals surface area (Å²) < 4.78 is 5.17. The molecule has 0 radical (unpaired) electrons. The summed E-state index contributed by atoms with van der Waals surface area (Å²) in [6.07, 6.45) is 5.45. The predicted octanol–water partition coefficient (Wildman–Crippen LogP) is 2.55. The lowest BCUT2D eigenvalue weighted by molar-refractivity contribution is 0.185. The molecule has 1 N–H and O–H groups in total. The molecule has 1 aromatic carbocycles. The molecule has 3 rings (SSSR count). The minimum Gasteiger partial charge on any atom is -0.380 e. The molecule has 0 spiro atoms. The Kier molecular flexibility index (Phi) is 4.71. The summed E-state index contributed by atoms with van der Waals surface area (Å²) in [4.78, 5) is 2.67. The summed E-state index contributed by atoms with van der Waals surface area (Å²) in [6, 6.07) is 10.4. The first-order valence-corrected chi connectivity index (χ1v) is 7.89. The van der Waals surface area contributed by atoms with Gasteiger partial charge in [0.05, 0.1) is 6.61 Å². The van der Waals surface area contributed by atoms with Crippen LogP contribution < -0.4 is 5.32 Å². The van der Waals surface area contributed by atoms with Gasteiger partial charge in [-0.25, -0.2) is 0 Å². The van der Waals surface area contributed by atoms with Crippen LogP contribution in [0.3, 0.4) is 0 Å². The molecule has 0 unspecified atom stereocenters. The van der Waals surface area contributed by atoms with Crippen molar-refractivity contribution in [2.45, 2.75) is 50.9 Å². The number of benzene rings is 1. The van der Waals surface area contributed by atoms with Crippen molar-refractivity contribution in [1.29, 1.82) is 0 Å². The normalized spacial score (nSPS) is 22.6. The molecule has 2 aliphatic rings. The van der Waals surface area contributed by atoms with Crippen LogP contribution in [0.4, 0.5) is 0 Å². The van der Waals surface area contributed by atoms with Crippen LogP contribution in [0.2, 0.25) is 0 Å². The summed E-state index contributed by atoms with van der Waals surface area (Å²) in [5.41, 5.74) is 2.68. The van der Waals surface area contributed by atoms with Crippen molar-refractivity contribution in [3.8, 4) is 0 Å². The van der Waals surface area contributed by atoms with Crippen molar-refractivity contribution in [3.05, 3.63) is 35.4 Å². The number of methoxy groups -OCH3 is 1. The van der Waals surface area contributed by atoms with Crippen LogP contribution >= 0.6 is 0 Å². The Labute approximate surface area is 122 Å². The van der Waals surface area contributed by atoms with Gasteiger partial charge < -0.3 is 10.1 Å². The van der Waals surface area contributed by atoms with Crippen LogP contribution in [0, 0.1) is 0 Å². The molecule has 0 bridgehead atoms. The zero-order valence-corrected chi connectivity index (χ0v) is 12.5. The van der Waals surface area contributed by atoms with E-state index in [1.807, 2.05) is 0 Å². The van der Waals surface area contributed by atoms with Gasteiger partial charge in [-0.05, 0) is 43.4 Å². The number of nitrogens with zero attached hydrogens (tertiary/aromatic N) is 1. The van der Waals surface area contributed by atoms with Crippen LogP contribution in [0.15, 0.2) is 24.3 Å². The zero-order chi connectivity index (χ0) is 13.8. The van der Waals surface area contributed by atoms with E-state index >= 15 is 0 Å². The lowest BCUT2D eigenvalue weighted by Gasteiger charge is -2.25. The van der Waals surface area contributed by atoms with E-state index in [9.17, 15) is 0 Å². The van der Waals surface area contributed by atoms with Gasteiger partial charge in [0.1, 0.15) is 0 Å². The molecule has 20 heavy (non-hydrogen) atoms. The Balaban J connectivity index is 1.57. The molecule has 0 aromatic heterocycles. The molecule has 1 heterocycles. The molecule has 1 saturated heterocycles. The first kappa shape index (κ1) is 14.1. The fourth-order valence-corrected chi connectivity index (χ4v) is 3.12. The van der Waals surface area contributed by atoms with Crippen molar-refractivity contribution >= 4 is 0 Å². The largest absolute Gasteiger partial charge is 0.380 e. The third-order valence-electron chi connectivity index (χ3n) is 4.40. The van der Waals surface area contributed by atoms with Gasteiger partial charge in [-0.2, -0.15) is 0 Å². The quantitative estimate of drug-likeness (QED) is 0.827. The maximum Gasteiger partial charge on any atom is 0.0713 e. The summed E-state index contributed by atoms with van der Waals surface area (Å²) in [7, 11) is 1.75. The highest BCUT2D eigenvalue weighted by molar-refractivity contribution is 5.22. The van der Waals surface area contributed by atoms with E-state index < -0.39 is 0 Å². The standard InChI is InChI=1S/C17H26N2O/c1-20-13-15-6-4-14(5-7-15)11-19(17-8-9-17)12-16-3-2-10-18-16/h4-7,16-18H,2-3,8-13H2,1H3/t16-/m0/s1. The van der Waals surface area contributed by atoms with E-state index in [-0.39, 0.29) is 0 Å². The lowest BCUT2D eigenvalue weighted by atomic mass is 10.1. The molecule has 1 aromatic rings. The van der Waals surface area contributed by atoms with Crippen LogP contribution in [0.25, 0.3) is 0 Å². The van der Waals surface area contributed by atoms with E-state index in [1.54, 1.807) is 7.11 Å². The van der Waals surface area contributed by atoms with Crippen molar-refractivity contribution in [3.63, 3.8) is 0 Å². The fraction of sp³-hybridized carbons (Fsp3) is 0.647. The van der Waals surface area contributed by atoms with Gasteiger partial charge in [0.15, 0.2) is 0 Å². The third-order valence-corrected chi connectivity index (χ3v) is 4.40. The maximum absolute atomic E-state index is 5.17.